The fourth-order valence-corrected chi connectivity index (χ4v) is 1.73. The molecule has 0 fully saturated rings. The summed E-state index contributed by atoms with van der Waals surface area (Å²) in [4.78, 5) is 2.98. The number of H-pyrrole nitrogens is 1. The zero-order valence-electron chi connectivity index (χ0n) is 7.87. The van der Waals surface area contributed by atoms with Crippen molar-refractivity contribution in [2.24, 2.45) is 0 Å². The molecule has 1 aromatic carbocycles. The van der Waals surface area contributed by atoms with Crippen molar-refractivity contribution in [1.82, 2.24) is 4.98 Å². The number of aromatic nitrogens is 1. The van der Waals surface area contributed by atoms with Gasteiger partial charge in [-0.05, 0) is 29.3 Å². The molecule has 0 aliphatic carbocycles. The third kappa shape index (κ3) is 2.65. The van der Waals surface area contributed by atoms with Crippen LogP contribution in [-0.2, 0) is 0 Å². The predicted molar refractivity (Wildman–Crippen MR) is 66.2 cm³/mol. The largest absolute Gasteiger partial charge is 0.367 e. The van der Waals surface area contributed by atoms with E-state index in [4.69, 9.17) is 23.2 Å². The van der Waals surface area contributed by atoms with Gasteiger partial charge in [0.25, 0.3) is 0 Å². The number of benzene rings is 1. The molecule has 76 valence electrons. The summed E-state index contributed by atoms with van der Waals surface area (Å²) in [6.07, 6.45) is 7.75. The monoisotopic (exact) mass is 237 g/mol. The van der Waals surface area contributed by atoms with E-state index in [-0.39, 0.29) is 0 Å². The van der Waals surface area contributed by atoms with Crippen molar-refractivity contribution in [2.75, 3.05) is 0 Å². The molecular weight excluding hydrogens is 229 g/mol. The van der Waals surface area contributed by atoms with Gasteiger partial charge in [0.1, 0.15) is 0 Å². The van der Waals surface area contributed by atoms with Crippen LogP contribution in [0.2, 0.25) is 10.0 Å². The third-order valence-electron chi connectivity index (χ3n) is 2.04. The van der Waals surface area contributed by atoms with Crippen molar-refractivity contribution in [2.45, 2.75) is 0 Å². The van der Waals surface area contributed by atoms with Crippen molar-refractivity contribution in [3.63, 3.8) is 0 Å². The lowest BCUT2D eigenvalue weighted by molar-refractivity contribution is 1.41. The van der Waals surface area contributed by atoms with Gasteiger partial charge in [0.05, 0.1) is 0 Å². The highest BCUT2D eigenvalue weighted by Gasteiger charge is 1.97. The van der Waals surface area contributed by atoms with Crippen molar-refractivity contribution >= 4 is 35.4 Å². The van der Waals surface area contributed by atoms with E-state index >= 15 is 0 Å². The first-order valence-electron chi connectivity index (χ1n) is 4.51. The van der Waals surface area contributed by atoms with Gasteiger partial charge in [-0.1, -0.05) is 41.4 Å². The highest BCUT2D eigenvalue weighted by Crippen LogP contribution is 2.22. The van der Waals surface area contributed by atoms with Crippen LogP contribution in [0, 0.1) is 0 Å². The standard InChI is InChI=1S/C12H9Cl2N/c13-11-4-3-10(12(14)7-11)2-1-9-5-6-15-8-9/h1-8,15H. The highest BCUT2D eigenvalue weighted by molar-refractivity contribution is 6.35. The van der Waals surface area contributed by atoms with Gasteiger partial charge in [-0.25, -0.2) is 0 Å². The molecule has 0 aliphatic heterocycles. The lowest BCUT2D eigenvalue weighted by Gasteiger charge is -1.97. The molecule has 15 heavy (non-hydrogen) atoms. The van der Waals surface area contributed by atoms with E-state index in [1.54, 1.807) is 6.07 Å². The van der Waals surface area contributed by atoms with Gasteiger partial charge in [-0.2, -0.15) is 0 Å². The van der Waals surface area contributed by atoms with Gasteiger partial charge in [-0.15, -0.1) is 0 Å². The SMILES string of the molecule is Clc1ccc(C=Cc2cc[nH]c2)c(Cl)c1. The fourth-order valence-electron chi connectivity index (χ4n) is 1.26. The second-order valence-electron chi connectivity index (χ2n) is 3.14. The van der Waals surface area contributed by atoms with Gasteiger partial charge < -0.3 is 4.98 Å². The number of rotatable bonds is 2. The number of nitrogens with one attached hydrogen (secondary N) is 1. The maximum absolute atomic E-state index is 6.03. The molecule has 1 heterocycles. The first-order chi connectivity index (χ1) is 7.25. The van der Waals surface area contributed by atoms with Gasteiger partial charge in [-0.3, -0.25) is 0 Å². The molecule has 0 saturated heterocycles. The summed E-state index contributed by atoms with van der Waals surface area (Å²) in [5.74, 6) is 0. The Hall–Kier alpha value is -1.18. The number of hydrogen-bond acceptors (Lipinski definition) is 0. The maximum atomic E-state index is 6.03. The van der Waals surface area contributed by atoms with Crippen LogP contribution >= 0.6 is 23.2 Å². The van der Waals surface area contributed by atoms with Crippen LogP contribution in [-0.4, -0.2) is 4.98 Å². The van der Waals surface area contributed by atoms with E-state index in [9.17, 15) is 0 Å². The van der Waals surface area contributed by atoms with Gasteiger partial charge in [0.2, 0.25) is 0 Å². The smallest absolute Gasteiger partial charge is 0.0493 e. The molecule has 0 aliphatic rings. The van der Waals surface area contributed by atoms with Gasteiger partial charge >= 0.3 is 0 Å². The van der Waals surface area contributed by atoms with Crippen LogP contribution < -0.4 is 0 Å². The van der Waals surface area contributed by atoms with E-state index in [1.165, 1.54) is 0 Å². The molecule has 0 bridgehead atoms. The van der Waals surface area contributed by atoms with Crippen LogP contribution in [0.4, 0.5) is 0 Å². The molecule has 0 radical (unpaired) electrons. The number of aromatic amines is 1. The first-order valence-corrected chi connectivity index (χ1v) is 5.27. The summed E-state index contributed by atoms with van der Waals surface area (Å²) in [6, 6.07) is 7.44. The molecule has 0 saturated carbocycles. The Labute approximate surface area is 98.3 Å². The van der Waals surface area contributed by atoms with E-state index in [2.05, 4.69) is 4.98 Å². The molecule has 1 aromatic heterocycles. The molecule has 2 rings (SSSR count). The minimum atomic E-state index is 0.652. The lowest BCUT2D eigenvalue weighted by atomic mass is 10.2. The minimum absolute atomic E-state index is 0.652. The predicted octanol–water partition coefficient (Wildman–Crippen LogP) is 4.49. The quantitative estimate of drug-likeness (QED) is 0.793. The average molecular weight is 238 g/mol. The van der Waals surface area contributed by atoms with Crippen LogP contribution in [0.5, 0.6) is 0 Å². The number of halogens is 2. The Morgan fingerprint density at radius 1 is 1.07 bits per heavy atom. The summed E-state index contributed by atoms with van der Waals surface area (Å²) >= 11 is 11.8. The van der Waals surface area contributed by atoms with E-state index in [1.807, 2.05) is 42.7 Å². The van der Waals surface area contributed by atoms with Crippen LogP contribution in [0.3, 0.4) is 0 Å². The van der Waals surface area contributed by atoms with Crippen LogP contribution in [0.25, 0.3) is 12.2 Å². The minimum Gasteiger partial charge on any atom is -0.367 e. The Kier molecular flexibility index (Phi) is 3.14. The normalized spacial score (nSPS) is 11.1. The van der Waals surface area contributed by atoms with Crippen molar-refractivity contribution in [3.05, 3.63) is 57.8 Å². The molecule has 0 atom stereocenters. The zero-order chi connectivity index (χ0) is 10.7. The summed E-state index contributed by atoms with van der Waals surface area (Å²) in [6.45, 7) is 0. The first kappa shape index (κ1) is 10.3. The zero-order valence-corrected chi connectivity index (χ0v) is 9.39. The van der Waals surface area contributed by atoms with Crippen LogP contribution in [0.15, 0.2) is 36.7 Å². The van der Waals surface area contributed by atoms with E-state index in [0.717, 1.165) is 11.1 Å². The van der Waals surface area contributed by atoms with E-state index < -0.39 is 0 Å². The molecule has 0 spiro atoms. The Morgan fingerprint density at radius 2 is 1.93 bits per heavy atom. The van der Waals surface area contributed by atoms with Crippen LogP contribution in [0.1, 0.15) is 11.1 Å². The van der Waals surface area contributed by atoms with Crippen molar-refractivity contribution in [1.29, 1.82) is 0 Å². The molecular formula is C12H9Cl2N. The molecule has 0 amide bonds. The molecule has 2 aromatic rings. The van der Waals surface area contributed by atoms with Crippen molar-refractivity contribution < 1.29 is 0 Å². The van der Waals surface area contributed by atoms with Gasteiger partial charge in [0, 0.05) is 22.4 Å². The average Bonchev–Trinajstić information content (AvgIpc) is 2.69. The third-order valence-corrected chi connectivity index (χ3v) is 2.60. The second-order valence-corrected chi connectivity index (χ2v) is 3.99. The number of hydrogen-bond donors (Lipinski definition) is 1. The fraction of sp³-hybridized carbons (Fsp3) is 0. The lowest BCUT2D eigenvalue weighted by Crippen LogP contribution is -1.74. The Morgan fingerprint density at radius 3 is 2.60 bits per heavy atom. The Bertz CT molecular complexity index is 472. The Balaban J connectivity index is 2.24. The topological polar surface area (TPSA) is 15.8 Å². The van der Waals surface area contributed by atoms with Crippen molar-refractivity contribution in [3.8, 4) is 0 Å². The highest BCUT2D eigenvalue weighted by atomic mass is 35.5. The van der Waals surface area contributed by atoms with E-state index in [0.29, 0.717) is 10.0 Å². The molecule has 0 unspecified atom stereocenters. The van der Waals surface area contributed by atoms with Gasteiger partial charge in [0.15, 0.2) is 0 Å². The molecule has 1 N–H and O–H groups in total. The summed E-state index contributed by atoms with van der Waals surface area (Å²) in [5.41, 5.74) is 2.07. The summed E-state index contributed by atoms with van der Waals surface area (Å²) in [5, 5.41) is 1.31. The molecule has 3 heteroatoms. The summed E-state index contributed by atoms with van der Waals surface area (Å²) < 4.78 is 0. The summed E-state index contributed by atoms with van der Waals surface area (Å²) in [7, 11) is 0. The second kappa shape index (κ2) is 4.56. The molecule has 1 nitrogen and oxygen atoms in total. The maximum Gasteiger partial charge on any atom is 0.0493 e.